The predicted molar refractivity (Wildman–Crippen MR) is 89.1 cm³/mol. The van der Waals surface area contributed by atoms with Gasteiger partial charge in [-0.2, -0.15) is 0 Å². The lowest BCUT2D eigenvalue weighted by Crippen LogP contribution is -2.42. The lowest BCUT2D eigenvalue weighted by Gasteiger charge is -2.32. The van der Waals surface area contributed by atoms with Crippen LogP contribution in [0.3, 0.4) is 0 Å². The van der Waals surface area contributed by atoms with Crippen molar-refractivity contribution in [3.63, 3.8) is 0 Å². The van der Waals surface area contributed by atoms with E-state index in [2.05, 4.69) is 4.90 Å². The molecule has 0 amide bonds. The maximum absolute atomic E-state index is 10.1. The smallest absolute Gasteiger partial charge is 0.139 e. The summed E-state index contributed by atoms with van der Waals surface area (Å²) in [4.78, 5) is 2.24. The summed E-state index contributed by atoms with van der Waals surface area (Å²) in [6.07, 6.45) is 1.84. The summed E-state index contributed by atoms with van der Waals surface area (Å²) in [6.45, 7) is 5.47. The zero-order valence-corrected chi connectivity index (χ0v) is 14.3. The van der Waals surface area contributed by atoms with Crippen LogP contribution in [0.5, 0.6) is 5.75 Å². The van der Waals surface area contributed by atoms with Crippen LogP contribution in [-0.2, 0) is 4.74 Å². The molecule has 1 N–H and O–H groups in total. The Morgan fingerprint density at radius 1 is 1.32 bits per heavy atom. The Morgan fingerprint density at radius 3 is 2.73 bits per heavy atom. The molecule has 0 aliphatic carbocycles. The number of nitrogens with zero attached hydrogens (tertiary/aromatic N) is 1. The van der Waals surface area contributed by atoms with E-state index in [0.717, 1.165) is 32.5 Å². The summed E-state index contributed by atoms with van der Waals surface area (Å²) in [6, 6.07) is 5.05. The number of ether oxygens (including phenoxy) is 2. The average molecular weight is 348 g/mol. The minimum atomic E-state index is -0.557. The van der Waals surface area contributed by atoms with Gasteiger partial charge < -0.3 is 19.5 Å². The number of β-amino-alcohol motifs (C(OH)–C–C–N with tert-alkyl or cyclic N) is 1. The molecule has 2 rings (SSSR count). The second-order valence-corrected chi connectivity index (χ2v) is 6.34. The maximum atomic E-state index is 10.1. The highest BCUT2D eigenvalue weighted by Gasteiger charge is 2.21. The summed E-state index contributed by atoms with van der Waals surface area (Å²) in [5, 5.41) is 11.2. The van der Waals surface area contributed by atoms with E-state index in [0.29, 0.717) is 28.4 Å². The van der Waals surface area contributed by atoms with E-state index < -0.39 is 6.10 Å². The van der Waals surface area contributed by atoms with Crippen molar-refractivity contribution in [2.75, 3.05) is 32.8 Å². The third-order valence-electron chi connectivity index (χ3n) is 3.73. The molecule has 0 aromatic heterocycles. The monoisotopic (exact) mass is 347 g/mol. The fourth-order valence-corrected chi connectivity index (χ4v) is 2.95. The highest BCUT2D eigenvalue weighted by atomic mass is 35.5. The van der Waals surface area contributed by atoms with Gasteiger partial charge in [0, 0.05) is 37.3 Å². The lowest BCUT2D eigenvalue weighted by molar-refractivity contribution is -0.00184. The molecule has 1 atom stereocenters. The molecule has 1 aromatic carbocycles. The van der Waals surface area contributed by atoms with Crippen LogP contribution in [0.25, 0.3) is 0 Å². The van der Waals surface area contributed by atoms with Crippen LogP contribution in [-0.4, -0.2) is 55.1 Å². The first-order valence-electron chi connectivity index (χ1n) is 7.68. The zero-order chi connectivity index (χ0) is 15.9. The molecule has 1 aromatic rings. The number of piperidine rings is 1. The first-order valence-corrected chi connectivity index (χ1v) is 8.44. The van der Waals surface area contributed by atoms with E-state index in [4.69, 9.17) is 32.7 Å². The molecular formula is C16H23Cl2NO3. The Hall–Kier alpha value is -0.520. The van der Waals surface area contributed by atoms with Crippen LogP contribution in [0.4, 0.5) is 0 Å². The minimum Gasteiger partial charge on any atom is -0.489 e. The van der Waals surface area contributed by atoms with Crippen molar-refractivity contribution in [1.29, 1.82) is 0 Å². The van der Waals surface area contributed by atoms with Gasteiger partial charge in [0.1, 0.15) is 18.5 Å². The van der Waals surface area contributed by atoms with E-state index in [1.54, 1.807) is 18.2 Å². The van der Waals surface area contributed by atoms with Crippen LogP contribution < -0.4 is 4.74 Å². The summed E-state index contributed by atoms with van der Waals surface area (Å²) < 4.78 is 11.2. The van der Waals surface area contributed by atoms with Gasteiger partial charge in [0.25, 0.3) is 0 Å². The molecule has 0 spiro atoms. The largest absolute Gasteiger partial charge is 0.489 e. The fourth-order valence-electron chi connectivity index (χ4n) is 2.62. The number of hydrogen-bond acceptors (Lipinski definition) is 4. The summed E-state index contributed by atoms with van der Waals surface area (Å²) in [5.41, 5.74) is 0. The summed E-state index contributed by atoms with van der Waals surface area (Å²) in [7, 11) is 0. The topological polar surface area (TPSA) is 41.9 Å². The molecule has 1 saturated heterocycles. The van der Waals surface area contributed by atoms with Crippen LogP contribution in [0.1, 0.15) is 19.8 Å². The van der Waals surface area contributed by atoms with Crippen LogP contribution in [0.15, 0.2) is 18.2 Å². The molecule has 0 bridgehead atoms. The molecule has 4 nitrogen and oxygen atoms in total. The van der Waals surface area contributed by atoms with Gasteiger partial charge in [0.05, 0.1) is 11.1 Å². The number of aliphatic hydroxyl groups excluding tert-OH is 1. The maximum Gasteiger partial charge on any atom is 0.139 e. The number of rotatable bonds is 7. The Bertz CT molecular complexity index is 465. The van der Waals surface area contributed by atoms with Gasteiger partial charge in [0.15, 0.2) is 0 Å². The second kappa shape index (κ2) is 8.94. The Labute approximate surface area is 141 Å². The van der Waals surface area contributed by atoms with Gasteiger partial charge in [0.2, 0.25) is 0 Å². The van der Waals surface area contributed by atoms with Crippen molar-refractivity contribution in [1.82, 2.24) is 4.90 Å². The van der Waals surface area contributed by atoms with Crippen LogP contribution in [0, 0.1) is 0 Å². The Morgan fingerprint density at radius 2 is 2.05 bits per heavy atom. The number of benzene rings is 1. The molecule has 22 heavy (non-hydrogen) atoms. The number of aliphatic hydroxyl groups is 1. The van der Waals surface area contributed by atoms with Crippen molar-refractivity contribution in [2.45, 2.75) is 32.0 Å². The van der Waals surface area contributed by atoms with Gasteiger partial charge in [-0.05, 0) is 31.9 Å². The van der Waals surface area contributed by atoms with Crippen LogP contribution in [0.2, 0.25) is 10.0 Å². The minimum absolute atomic E-state index is 0.200. The third-order valence-corrected chi connectivity index (χ3v) is 4.28. The van der Waals surface area contributed by atoms with E-state index in [1.807, 2.05) is 6.92 Å². The highest BCUT2D eigenvalue weighted by molar-refractivity contribution is 6.34. The first-order chi connectivity index (χ1) is 10.6. The predicted octanol–water partition coefficient (Wildman–Crippen LogP) is 3.23. The van der Waals surface area contributed by atoms with Gasteiger partial charge in [-0.25, -0.2) is 0 Å². The van der Waals surface area contributed by atoms with Crippen LogP contribution >= 0.6 is 23.2 Å². The molecule has 1 unspecified atom stereocenters. The molecule has 1 aliphatic heterocycles. The third kappa shape index (κ3) is 5.60. The van der Waals surface area contributed by atoms with Gasteiger partial charge in [-0.15, -0.1) is 0 Å². The highest BCUT2D eigenvalue weighted by Crippen LogP contribution is 2.27. The molecule has 124 valence electrons. The molecular weight excluding hydrogens is 325 g/mol. The summed E-state index contributed by atoms with van der Waals surface area (Å²) in [5.74, 6) is 0.503. The quantitative estimate of drug-likeness (QED) is 0.822. The Kier molecular flexibility index (Phi) is 7.25. The molecule has 1 heterocycles. The standard InChI is InChI=1S/C16H23Cl2NO3/c1-2-21-14-5-7-19(8-6-14)10-13(20)11-22-16-9-12(17)3-4-15(16)18/h3-4,9,13-14,20H,2,5-8,10-11H2,1H3. The second-order valence-electron chi connectivity index (χ2n) is 5.49. The van der Waals surface area contributed by atoms with Crippen molar-refractivity contribution in [2.24, 2.45) is 0 Å². The number of hydrogen-bond donors (Lipinski definition) is 1. The SMILES string of the molecule is CCOC1CCN(CC(O)COc2cc(Cl)ccc2Cl)CC1. The number of halogens is 2. The van der Waals surface area contributed by atoms with Crippen molar-refractivity contribution in [3.8, 4) is 5.75 Å². The van der Waals surface area contributed by atoms with Gasteiger partial charge in [-0.3, -0.25) is 0 Å². The molecule has 1 fully saturated rings. The normalized spacial score (nSPS) is 18.4. The molecule has 0 saturated carbocycles. The van der Waals surface area contributed by atoms with Crippen molar-refractivity contribution >= 4 is 23.2 Å². The molecule has 6 heteroatoms. The lowest BCUT2D eigenvalue weighted by atomic mass is 10.1. The molecule has 1 aliphatic rings. The van der Waals surface area contributed by atoms with Crippen molar-refractivity contribution in [3.05, 3.63) is 28.2 Å². The summed E-state index contributed by atoms with van der Waals surface area (Å²) >= 11 is 11.9. The first kappa shape index (κ1) is 17.8. The van der Waals surface area contributed by atoms with Gasteiger partial charge in [-0.1, -0.05) is 23.2 Å². The fraction of sp³-hybridized carbons (Fsp3) is 0.625. The van der Waals surface area contributed by atoms with Gasteiger partial charge >= 0.3 is 0 Å². The number of likely N-dealkylation sites (tertiary alicyclic amines) is 1. The van der Waals surface area contributed by atoms with E-state index in [1.165, 1.54) is 0 Å². The van der Waals surface area contributed by atoms with E-state index in [-0.39, 0.29) is 6.61 Å². The molecule has 0 radical (unpaired) electrons. The average Bonchev–Trinajstić information content (AvgIpc) is 2.50. The van der Waals surface area contributed by atoms with E-state index in [9.17, 15) is 5.11 Å². The Balaban J connectivity index is 1.72. The van der Waals surface area contributed by atoms with E-state index >= 15 is 0 Å². The zero-order valence-electron chi connectivity index (χ0n) is 12.8. The van der Waals surface area contributed by atoms with Crippen molar-refractivity contribution < 1.29 is 14.6 Å².